The second kappa shape index (κ2) is 6.76. The van der Waals surface area contributed by atoms with Gasteiger partial charge in [-0.3, -0.25) is 9.59 Å². The number of carbonyl (C=O) groups is 2. The molecule has 0 fully saturated rings. The highest BCUT2D eigenvalue weighted by Crippen LogP contribution is 2.28. The number of amides is 1. The fourth-order valence-corrected chi connectivity index (χ4v) is 3.32. The number of benzene rings is 1. The Balaban J connectivity index is 2.02. The van der Waals surface area contributed by atoms with E-state index in [0.717, 1.165) is 47.1 Å². The molecule has 2 aromatic rings. The molecule has 1 aromatic carbocycles. The first-order valence-electron chi connectivity index (χ1n) is 7.87. The summed E-state index contributed by atoms with van der Waals surface area (Å²) in [6.07, 6.45) is 3.70. The minimum Gasteiger partial charge on any atom is -0.480 e. The Morgan fingerprint density at radius 2 is 2.08 bits per heavy atom. The summed E-state index contributed by atoms with van der Waals surface area (Å²) in [4.78, 5) is 23.5. The van der Waals surface area contributed by atoms with Crippen LogP contribution in [0, 0.1) is 0 Å². The van der Waals surface area contributed by atoms with Crippen molar-refractivity contribution in [2.75, 3.05) is 0 Å². The molecule has 1 aliphatic carbocycles. The SMILES string of the molecule is CC(NC(=O)c1nn(-c2cccc(Br)c2)c2c1CCCC2)C(=O)O. The highest BCUT2D eigenvalue weighted by atomic mass is 79.9. The van der Waals surface area contributed by atoms with E-state index >= 15 is 0 Å². The molecular weight excluding hydrogens is 374 g/mol. The number of aromatic nitrogens is 2. The van der Waals surface area contributed by atoms with E-state index in [2.05, 4.69) is 26.3 Å². The third kappa shape index (κ3) is 3.21. The van der Waals surface area contributed by atoms with Crippen LogP contribution in [0.3, 0.4) is 0 Å². The van der Waals surface area contributed by atoms with Crippen LogP contribution in [0.15, 0.2) is 28.7 Å². The molecule has 3 rings (SSSR count). The summed E-state index contributed by atoms with van der Waals surface area (Å²) in [5.41, 5.74) is 3.18. The molecule has 1 aromatic heterocycles. The smallest absolute Gasteiger partial charge is 0.325 e. The molecule has 0 radical (unpaired) electrons. The van der Waals surface area contributed by atoms with Crippen LogP contribution in [0.2, 0.25) is 0 Å². The lowest BCUT2D eigenvalue weighted by Crippen LogP contribution is -2.39. The van der Waals surface area contributed by atoms with Crippen molar-refractivity contribution in [1.82, 2.24) is 15.1 Å². The second-order valence-corrected chi connectivity index (χ2v) is 6.82. The maximum absolute atomic E-state index is 12.5. The van der Waals surface area contributed by atoms with Gasteiger partial charge in [-0.05, 0) is 50.8 Å². The molecule has 24 heavy (non-hydrogen) atoms. The average Bonchev–Trinajstić information content (AvgIpc) is 2.94. The zero-order valence-corrected chi connectivity index (χ0v) is 14.8. The van der Waals surface area contributed by atoms with Gasteiger partial charge in [0, 0.05) is 15.7 Å². The molecule has 1 amide bonds. The van der Waals surface area contributed by atoms with Crippen LogP contribution >= 0.6 is 15.9 Å². The Kier molecular flexibility index (Phi) is 4.71. The minimum absolute atomic E-state index is 0.331. The fourth-order valence-electron chi connectivity index (χ4n) is 2.93. The zero-order chi connectivity index (χ0) is 17.3. The van der Waals surface area contributed by atoms with Crippen molar-refractivity contribution in [1.29, 1.82) is 0 Å². The number of hydrogen-bond donors (Lipinski definition) is 2. The van der Waals surface area contributed by atoms with Crippen LogP contribution in [-0.4, -0.2) is 32.8 Å². The van der Waals surface area contributed by atoms with E-state index in [4.69, 9.17) is 5.11 Å². The number of aliphatic carboxylic acids is 1. The van der Waals surface area contributed by atoms with Crippen molar-refractivity contribution in [2.24, 2.45) is 0 Å². The molecule has 1 unspecified atom stereocenters. The van der Waals surface area contributed by atoms with Crippen LogP contribution in [0.1, 0.15) is 41.5 Å². The zero-order valence-electron chi connectivity index (χ0n) is 13.3. The Bertz CT molecular complexity index is 800. The van der Waals surface area contributed by atoms with E-state index in [1.54, 1.807) is 4.68 Å². The fraction of sp³-hybridized carbons (Fsp3) is 0.353. The highest BCUT2D eigenvalue weighted by Gasteiger charge is 2.27. The average molecular weight is 392 g/mol. The molecule has 126 valence electrons. The number of carboxylic acids is 1. The van der Waals surface area contributed by atoms with Gasteiger partial charge in [0.1, 0.15) is 6.04 Å². The molecule has 0 spiro atoms. The van der Waals surface area contributed by atoms with E-state index in [-0.39, 0.29) is 0 Å². The van der Waals surface area contributed by atoms with E-state index in [0.29, 0.717) is 5.69 Å². The minimum atomic E-state index is -1.07. The Hall–Kier alpha value is -2.15. The van der Waals surface area contributed by atoms with E-state index < -0.39 is 17.9 Å². The molecule has 0 saturated heterocycles. The third-order valence-corrected chi connectivity index (χ3v) is 4.66. The number of rotatable bonds is 4. The summed E-state index contributed by atoms with van der Waals surface area (Å²) in [6.45, 7) is 1.44. The molecule has 7 heteroatoms. The monoisotopic (exact) mass is 391 g/mol. The Morgan fingerprint density at radius 1 is 1.33 bits per heavy atom. The van der Waals surface area contributed by atoms with Gasteiger partial charge < -0.3 is 10.4 Å². The molecule has 2 N–H and O–H groups in total. The van der Waals surface area contributed by atoms with Crippen molar-refractivity contribution in [3.05, 3.63) is 45.7 Å². The summed E-state index contributed by atoms with van der Waals surface area (Å²) < 4.78 is 2.74. The number of halogens is 1. The Morgan fingerprint density at radius 3 is 2.79 bits per heavy atom. The molecule has 6 nitrogen and oxygen atoms in total. The molecule has 0 saturated carbocycles. The van der Waals surface area contributed by atoms with Crippen LogP contribution in [0.4, 0.5) is 0 Å². The quantitative estimate of drug-likeness (QED) is 0.838. The van der Waals surface area contributed by atoms with Crippen LogP contribution in [0.25, 0.3) is 5.69 Å². The molecule has 0 bridgehead atoms. The molecule has 0 aliphatic heterocycles. The first-order chi connectivity index (χ1) is 11.5. The van der Waals surface area contributed by atoms with Crippen molar-refractivity contribution >= 4 is 27.8 Å². The number of nitrogens with one attached hydrogen (secondary N) is 1. The molecular formula is C17H18BrN3O3. The van der Waals surface area contributed by atoms with E-state index in [9.17, 15) is 9.59 Å². The summed E-state index contributed by atoms with van der Waals surface area (Å²) in [6, 6.07) is 6.79. The maximum Gasteiger partial charge on any atom is 0.325 e. The third-order valence-electron chi connectivity index (χ3n) is 4.17. The number of nitrogens with zero attached hydrogens (tertiary/aromatic N) is 2. The largest absolute Gasteiger partial charge is 0.480 e. The van der Waals surface area contributed by atoms with Crippen molar-refractivity contribution in [2.45, 2.75) is 38.6 Å². The van der Waals surface area contributed by atoms with Crippen molar-refractivity contribution in [3.63, 3.8) is 0 Å². The van der Waals surface area contributed by atoms with Crippen LogP contribution < -0.4 is 5.32 Å². The summed E-state index contributed by atoms with van der Waals surface area (Å²) >= 11 is 3.45. The van der Waals surface area contributed by atoms with Crippen LogP contribution in [0.5, 0.6) is 0 Å². The van der Waals surface area contributed by atoms with Gasteiger partial charge in [-0.2, -0.15) is 5.10 Å². The number of carboxylic acid groups (broad SMARTS) is 1. The summed E-state index contributed by atoms with van der Waals surface area (Å²) in [5.74, 6) is -1.50. The van der Waals surface area contributed by atoms with Gasteiger partial charge in [-0.1, -0.05) is 22.0 Å². The first-order valence-corrected chi connectivity index (χ1v) is 8.67. The van der Waals surface area contributed by atoms with Crippen LogP contribution in [-0.2, 0) is 17.6 Å². The van der Waals surface area contributed by atoms with Gasteiger partial charge in [-0.15, -0.1) is 0 Å². The molecule has 1 aliphatic rings. The number of hydrogen-bond acceptors (Lipinski definition) is 3. The van der Waals surface area contributed by atoms with Crippen molar-refractivity contribution < 1.29 is 14.7 Å². The van der Waals surface area contributed by atoms with Gasteiger partial charge in [-0.25, -0.2) is 4.68 Å². The molecule has 1 atom stereocenters. The van der Waals surface area contributed by atoms with E-state index in [1.807, 2.05) is 24.3 Å². The van der Waals surface area contributed by atoms with Gasteiger partial charge in [0.25, 0.3) is 5.91 Å². The summed E-state index contributed by atoms with van der Waals surface area (Å²) in [5, 5.41) is 16.0. The number of carbonyl (C=O) groups excluding carboxylic acids is 1. The van der Waals surface area contributed by atoms with Gasteiger partial charge in [0.15, 0.2) is 5.69 Å². The van der Waals surface area contributed by atoms with Gasteiger partial charge in [0.05, 0.1) is 5.69 Å². The lowest BCUT2D eigenvalue weighted by Gasteiger charge is -2.14. The summed E-state index contributed by atoms with van der Waals surface area (Å²) in [7, 11) is 0. The standard InChI is InChI=1S/C17H18BrN3O3/c1-10(17(23)24)19-16(22)15-13-7-2-3-8-14(13)21(20-15)12-6-4-5-11(18)9-12/h4-6,9-10H,2-3,7-8H2,1H3,(H,19,22)(H,23,24). The van der Waals surface area contributed by atoms with Crippen molar-refractivity contribution in [3.8, 4) is 5.69 Å². The first kappa shape index (κ1) is 16.7. The normalized spacial score (nSPS) is 14.8. The predicted octanol–water partition coefficient (Wildman–Crippen LogP) is 2.72. The topological polar surface area (TPSA) is 84.2 Å². The van der Waals surface area contributed by atoms with Gasteiger partial charge >= 0.3 is 5.97 Å². The highest BCUT2D eigenvalue weighted by molar-refractivity contribution is 9.10. The molecule has 1 heterocycles. The number of fused-ring (bicyclic) bond motifs is 1. The second-order valence-electron chi connectivity index (χ2n) is 5.91. The van der Waals surface area contributed by atoms with E-state index in [1.165, 1.54) is 6.92 Å². The maximum atomic E-state index is 12.5. The lowest BCUT2D eigenvalue weighted by molar-refractivity contribution is -0.138. The lowest BCUT2D eigenvalue weighted by atomic mass is 9.95. The van der Waals surface area contributed by atoms with Gasteiger partial charge in [0.2, 0.25) is 0 Å². The Labute approximate surface area is 148 Å². The predicted molar refractivity (Wildman–Crippen MR) is 92.5 cm³/mol.